The van der Waals surface area contributed by atoms with E-state index in [2.05, 4.69) is 15.3 Å². The topological polar surface area (TPSA) is 86.2 Å². The van der Waals surface area contributed by atoms with Gasteiger partial charge in [-0.25, -0.2) is 15.0 Å². The first kappa shape index (κ1) is 18.3. The predicted molar refractivity (Wildman–Crippen MR) is 92.5 cm³/mol. The maximum atomic E-state index is 12.1. The number of hydrogen-bond donors (Lipinski definition) is 1. The molecule has 0 aliphatic rings. The number of carbonyl (C=O) groups is 2. The van der Waals surface area contributed by atoms with Gasteiger partial charge in [-0.15, -0.1) is 0 Å². The molecule has 0 saturated heterocycles. The second kappa shape index (κ2) is 8.70. The van der Waals surface area contributed by atoms with Crippen LogP contribution in [-0.4, -0.2) is 32.5 Å². The third-order valence-corrected chi connectivity index (χ3v) is 3.28. The van der Waals surface area contributed by atoms with Crippen LogP contribution >= 0.6 is 11.6 Å². The zero-order valence-electron chi connectivity index (χ0n) is 13.5. The normalized spacial score (nSPS) is 10.4. The number of nitrogens with one attached hydrogen (secondary N) is 1. The summed E-state index contributed by atoms with van der Waals surface area (Å²) in [6, 6.07) is 11.1. The number of esters is 1. The van der Waals surface area contributed by atoms with Gasteiger partial charge in [0.2, 0.25) is 0 Å². The summed E-state index contributed by atoms with van der Waals surface area (Å²) in [5.41, 5.74) is 3.15. The van der Waals surface area contributed by atoms with Crippen molar-refractivity contribution >= 4 is 29.9 Å². The number of amides is 1. The fraction of sp³-hybridized carbons (Fsp3) is 0.118. The van der Waals surface area contributed by atoms with Crippen molar-refractivity contribution in [1.29, 1.82) is 0 Å². The van der Waals surface area contributed by atoms with Crippen LogP contribution in [0.4, 0.5) is 4.79 Å². The molecule has 1 amide bonds. The first-order chi connectivity index (χ1) is 12.0. The lowest BCUT2D eigenvalue weighted by molar-refractivity contribution is 0.0729. The molecule has 7 nitrogen and oxygen atoms in total. The van der Waals surface area contributed by atoms with Gasteiger partial charge in [0, 0.05) is 5.02 Å². The molecule has 0 radical (unpaired) electrons. The number of carbonyl (C=O) groups excluding carboxylic acids is 2. The van der Waals surface area contributed by atoms with Gasteiger partial charge in [0.1, 0.15) is 0 Å². The van der Waals surface area contributed by atoms with Gasteiger partial charge >= 0.3 is 12.1 Å². The fourth-order valence-corrected chi connectivity index (χ4v) is 1.92. The van der Waals surface area contributed by atoms with E-state index in [0.717, 1.165) is 0 Å². The Morgan fingerprint density at radius 1 is 1.08 bits per heavy atom. The van der Waals surface area contributed by atoms with Gasteiger partial charge in [-0.1, -0.05) is 11.6 Å². The summed E-state index contributed by atoms with van der Waals surface area (Å²) in [4.78, 5) is 23.1. The van der Waals surface area contributed by atoms with Crippen LogP contribution in [0.25, 0.3) is 0 Å². The maximum absolute atomic E-state index is 12.1. The Morgan fingerprint density at radius 2 is 1.80 bits per heavy atom. The molecule has 2 aromatic carbocycles. The highest BCUT2D eigenvalue weighted by Gasteiger charge is 2.12. The molecule has 0 aliphatic heterocycles. The van der Waals surface area contributed by atoms with Crippen LogP contribution in [0.15, 0.2) is 47.6 Å². The molecule has 1 N–H and O–H groups in total. The lowest BCUT2D eigenvalue weighted by atomic mass is 10.2. The van der Waals surface area contributed by atoms with Crippen LogP contribution in [0.1, 0.15) is 15.9 Å². The highest BCUT2D eigenvalue weighted by Crippen LogP contribution is 2.28. The molecule has 130 valence electrons. The van der Waals surface area contributed by atoms with E-state index in [4.69, 9.17) is 21.1 Å². The molecule has 0 fully saturated rings. The molecular formula is C17H15ClN2O5. The zero-order chi connectivity index (χ0) is 18.2. The van der Waals surface area contributed by atoms with Crippen molar-refractivity contribution in [2.24, 2.45) is 5.10 Å². The van der Waals surface area contributed by atoms with Gasteiger partial charge < -0.3 is 14.2 Å². The third kappa shape index (κ3) is 5.22. The lowest BCUT2D eigenvalue weighted by Gasteiger charge is -2.10. The predicted octanol–water partition coefficient (Wildman–Crippen LogP) is 3.26. The zero-order valence-corrected chi connectivity index (χ0v) is 14.2. The fourth-order valence-electron chi connectivity index (χ4n) is 1.80. The van der Waals surface area contributed by atoms with E-state index < -0.39 is 12.1 Å². The Labute approximate surface area is 149 Å². The second-order valence-corrected chi connectivity index (χ2v) is 5.10. The molecule has 0 unspecified atom stereocenters. The van der Waals surface area contributed by atoms with E-state index in [1.165, 1.54) is 20.4 Å². The molecule has 0 heterocycles. The largest absolute Gasteiger partial charge is 0.493 e. The number of benzene rings is 2. The number of halogens is 1. The second-order valence-electron chi connectivity index (χ2n) is 4.67. The Bertz CT molecular complexity index is 790. The summed E-state index contributed by atoms with van der Waals surface area (Å²) >= 11 is 5.79. The number of methoxy groups -OCH3 is 2. The SMILES string of the molecule is COC(=O)N/N=C\c1ccc(OC(=O)c2ccc(Cl)cc2)c(OC)c1. The van der Waals surface area contributed by atoms with Gasteiger partial charge in [-0.3, -0.25) is 0 Å². The van der Waals surface area contributed by atoms with Crippen LogP contribution in [0.5, 0.6) is 11.5 Å². The number of hydrazone groups is 1. The first-order valence-corrected chi connectivity index (χ1v) is 7.44. The molecule has 2 aromatic rings. The summed E-state index contributed by atoms with van der Waals surface area (Å²) in [6.45, 7) is 0. The van der Waals surface area contributed by atoms with Crippen LogP contribution in [0.2, 0.25) is 5.02 Å². The van der Waals surface area contributed by atoms with Crippen molar-refractivity contribution in [3.8, 4) is 11.5 Å². The van der Waals surface area contributed by atoms with Crippen molar-refractivity contribution in [3.63, 3.8) is 0 Å². The Kier molecular flexibility index (Phi) is 6.36. The molecule has 2 rings (SSSR count). The van der Waals surface area contributed by atoms with Crippen molar-refractivity contribution < 1.29 is 23.8 Å². The first-order valence-electron chi connectivity index (χ1n) is 7.06. The van der Waals surface area contributed by atoms with Gasteiger partial charge in [-0.2, -0.15) is 5.10 Å². The number of hydrogen-bond acceptors (Lipinski definition) is 6. The summed E-state index contributed by atoms with van der Waals surface area (Å²) in [7, 11) is 2.68. The van der Waals surface area contributed by atoms with Crippen LogP contribution in [0, 0.1) is 0 Å². The van der Waals surface area contributed by atoms with E-state index in [9.17, 15) is 9.59 Å². The maximum Gasteiger partial charge on any atom is 0.427 e. The number of ether oxygens (including phenoxy) is 3. The average Bonchev–Trinajstić information content (AvgIpc) is 2.63. The van der Waals surface area contributed by atoms with Crippen molar-refractivity contribution in [2.45, 2.75) is 0 Å². The summed E-state index contributed by atoms with van der Waals surface area (Å²) < 4.78 is 14.9. The summed E-state index contributed by atoms with van der Waals surface area (Å²) in [5, 5.41) is 4.24. The minimum absolute atomic E-state index is 0.250. The van der Waals surface area contributed by atoms with E-state index >= 15 is 0 Å². The Hall–Kier alpha value is -3.06. The molecule has 0 bridgehead atoms. The molecule has 0 saturated carbocycles. The molecular weight excluding hydrogens is 348 g/mol. The van der Waals surface area contributed by atoms with Crippen LogP contribution in [0.3, 0.4) is 0 Å². The van der Waals surface area contributed by atoms with Crippen molar-refractivity contribution in [1.82, 2.24) is 5.43 Å². The molecule has 0 atom stereocenters. The van der Waals surface area contributed by atoms with Crippen molar-refractivity contribution in [2.75, 3.05) is 14.2 Å². The highest BCUT2D eigenvalue weighted by molar-refractivity contribution is 6.30. The molecule has 0 aliphatic carbocycles. The minimum atomic E-state index is -0.684. The highest BCUT2D eigenvalue weighted by atomic mass is 35.5. The smallest absolute Gasteiger partial charge is 0.427 e. The molecule has 25 heavy (non-hydrogen) atoms. The van der Waals surface area contributed by atoms with Gasteiger partial charge in [-0.05, 0) is 48.0 Å². The minimum Gasteiger partial charge on any atom is -0.493 e. The van der Waals surface area contributed by atoms with E-state index in [0.29, 0.717) is 21.9 Å². The average molecular weight is 363 g/mol. The summed E-state index contributed by atoms with van der Waals surface area (Å²) in [6.07, 6.45) is 0.710. The van der Waals surface area contributed by atoms with Gasteiger partial charge in [0.25, 0.3) is 0 Å². The Morgan fingerprint density at radius 3 is 2.44 bits per heavy atom. The molecule has 8 heteroatoms. The van der Waals surface area contributed by atoms with E-state index in [1.807, 2.05) is 0 Å². The van der Waals surface area contributed by atoms with Crippen molar-refractivity contribution in [3.05, 3.63) is 58.6 Å². The number of rotatable bonds is 5. The standard InChI is InChI=1S/C17H15ClN2O5/c1-23-15-9-11(10-19-20-17(22)24-2)3-8-14(15)25-16(21)12-4-6-13(18)7-5-12/h3-10H,1-2H3,(H,20,22)/b19-10-. The quantitative estimate of drug-likeness (QED) is 0.382. The van der Waals surface area contributed by atoms with Gasteiger partial charge in [0.05, 0.1) is 26.0 Å². The molecule has 0 spiro atoms. The van der Waals surface area contributed by atoms with E-state index in [1.54, 1.807) is 42.5 Å². The van der Waals surface area contributed by atoms with Gasteiger partial charge in [0.15, 0.2) is 11.5 Å². The lowest BCUT2D eigenvalue weighted by Crippen LogP contribution is -2.16. The molecule has 0 aromatic heterocycles. The Balaban J connectivity index is 2.12. The monoisotopic (exact) mass is 362 g/mol. The number of nitrogens with zero attached hydrogens (tertiary/aromatic N) is 1. The third-order valence-electron chi connectivity index (χ3n) is 3.03. The van der Waals surface area contributed by atoms with Crippen LogP contribution in [-0.2, 0) is 4.74 Å². The van der Waals surface area contributed by atoms with E-state index in [-0.39, 0.29) is 5.75 Å². The summed E-state index contributed by atoms with van der Waals surface area (Å²) in [5.74, 6) is 0.0496. The van der Waals surface area contributed by atoms with Crippen LogP contribution < -0.4 is 14.9 Å².